The van der Waals surface area contributed by atoms with Gasteiger partial charge < -0.3 is 11.1 Å². The highest BCUT2D eigenvalue weighted by molar-refractivity contribution is 14.0. The van der Waals surface area contributed by atoms with Crippen LogP contribution in [0.2, 0.25) is 0 Å². The van der Waals surface area contributed by atoms with Gasteiger partial charge in [-0.25, -0.2) is 4.99 Å². The minimum absolute atomic E-state index is 0. The predicted octanol–water partition coefficient (Wildman–Crippen LogP) is 4.69. The summed E-state index contributed by atoms with van der Waals surface area (Å²) in [6.07, 6.45) is 0. The summed E-state index contributed by atoms with van der Waals surface area (Å²) in [5.74, 6) is 0.445. The first-order valence-electron chi connectivity index (χ1n) is 8.96. The maximum Gasteiger partial charge on any atom is 0.193 e. The van der Waals surface area contributed by atoms with Gasteiger partial charge in [0.2, 0.25) is 0 Å². The molecule has 0 aliphatic heterocycles. The van der Waals surface area contributed by atoms with E-state index in [-0.39, 0.29) is 24.0 Å². The molecule has 0 unspecified atom stereocenters. The summed E-state index contributed by atoms with van der Waals surface area (Å²) in [7, 11) is 0. The zero-order chi connectivity index (χ0) is 18.2. The first-order valence-corrected chi connectivity index (χ1v) is 8.96. The first kappa shape index (κ1) is 22.4. The van der Waals surface area contributed by atoms with Gasteiger partial charge in [0.05, 0.1) is 6.54 Å². The lowest BCUT2D eigenvalue weighted by atomic mass is 10.1. The fourth-order valence-corrected chi connectivity index (χ4v) is 2.73. The second-order valence-corrected chi connectivity index (χ2v) is 6.36. The zero-order valence-corrected chi connectivity index (χ0v) is 18.6. The number of aryl methyl sites for hydroxylation is 2. The van der Waals surface area contributed by atoms with Gasteiger partial charge in [-0.3, -0.25) is 4.90 Å². The molecule has 0 saturated heterocycles. The number of hydrogen-bond acceptors (Lipinski definition) is 2. The smallest absolute Gasteiger partial charge is 0.193 e. The molecule has 5 heteroatoms. The van der Waals surface area contributed by atoms with E-state index in [0.29, 0.717) is 12.5 Å². The Morgan fingerprint density at radius 2 is 1.65 bits per heavy atom. The lowest BCUT2D eigenvalue weighted by molar-refractivity contribution is 0.295. The van der Waals surface area contributed by atoms with E-state index in [2.05, 4.69) is 79.3 Å². The molecule has 4 nitrogen and oxygen atoms in total. The Balaban J connectivity index is 0.00000338. The van der Waals surface area contributed by atoms with Crippen molar-refractivity contribution in [3.8, 4) is 0 Å². The average Bonchev–Trinajstić information content (AvgIpc) is 2.62. The summed E-state index contributed by atoms with van der Waals surface area (Å²) in [5, 5.41) is 3.18. The number of rotatable bonds is 7. The quantitative estimate of drug-likeness (QED) is 0.354. The van der Waals surface area contributed by atoms with E-state index in [1.807, 2.05) is 6.07 Å². The molecule has 0 aliphatic carbocycles. The van der Waals surface area contributed by atoms with Crippen LogP contribution in [0, 0.1) is 13.8 Å². The lowest BCUT2D eigenvalue weighted by Gasteiger charge is -2.19. The average molecular weight is 466 g/mol. The Morgan fingerprint density at radius 3 is 2.27 bits per heavy atom. The Hall–Kier alpha value is -1.60. The van der Waals surface area contributed by atoms with Crippen LogP contribution in [0.3, 0.4) is 0 Å². The van der Waals surface area contributed by atoms with Gasteiger partial charge in [-0.05, 0) is 61.3 Å². The second-order valence-electron chi connectivity index (χ2n) is 6.36. The molecule has 0 heterocycles. The highest BCUT2D eigenvalue weighted by atomic mass is 127. The van der Waals surface area contributed by atoms with Crippen molar-refractivity contribution in [3.05, 3.63) is 64.7 Å². The van der Waals surface area contributed by atoms with Gasteiger partial charge in [-0.1, -0.05) is 44.2 Å². The van der Waals surface area contributed by atoms with Crippen molar-refractivity contribution in [1.29, 1.82) is 0 Å². The summed E-state index contributed by atoms with van der Waals surface area (Å²) in [4.78, 5) is 6.93. The summed E-state index contributed by atoms with van der Waals surface area (Å²) < 4.78 is 0. The molecule has 0 fully saturated rings. The van der Waals surface area contributed by atoms with Crippen molar-refractivity contribution in [2.45, 2.75) is 40.8 Å². The van der Waals surface area contributed by atoms with Crippen LogP contribution in [-0.4, -0.2) is 23.9 Å². The van der Waals surface area contributed by atoms with Crippen molar-refractivity contribution in [3.63, 3.8) is 0 Å². The van der Waals surface area contributed by atoms with Crippen molar-refractivity contribution >= 4 is 35.6 Å². The summed E-state index contributed by atoms with van der Waals surface area (Å²) >= 11 is 0. The van der Waals surface area contributed by atoms with Crippen molar-refractivity contribution in [1.82, 2.24) is 4.90 Å². The molecule has 2 aromatic rings. The monoisotopic (exact) mass is 466 g/mol. The number of anilines is 1. The summed E-state index contributed by atoms with van der Waals surface area (Å²) in [6.45, 7) is 12.2. The van der Waals surface area contributed by atoms with Crippen LogP contribution in [-0.2, 0) is 13.1 Å². The van der Waals surface area contributed by atoms with E-state index in [1.54, 1.807) is 0 Å². The Kier molecular flexibility index (Phi) is 9.65. The van der Waals surface area contributed by atoms with Gasteiger partial charge in [0, 0.05) is 12.2 Å². The number of benzene rings is 2. The number of hydrogen-bond donors (Lipinski definition) is 2. The van der Waals surface area contributed by atoms with Crippen molar-refractivity contribution in [2.24, 2.45) is 10.7 Å². The normalized spacial score (nSPS) is 11.3. The molecule has 0 bridgehead atoms. The number of aliphatic imine (C=N–C) groups is 1. The van der Waals surface area contributed by atoms with Gasteiger partial charge in [0.1, 0.15) is 0 Å². The molecular formula is C21H31IN4. The highest BCUT2D eigenvalue weighted by Gasteiger charge is 2.06. The number of halogens is 1. The van der Waals surface area contributed by atoms with Crippen LogP contribution < -0.4 is 11.1 Å². The van der Waals surface area contributed by atoms with Gasteiger partial charge in [0.25, 0.3) is 0 Å². The molecule has 142 valence electrons. The molecule has 2 aromatic carbocycles. The molecular weight excluding hydrogens is 435 g/mol. The topological polar surface area (TPSA) is 53.6 Å². The minimum Gasteiger partial charge on any atom is -0.370 e. The van der Waals surface area contributed by atoms with Crippen LogP contribution in [0.15, 0.2) is 47.5 Å². The largest absolute Gasteiger partial charge is 0.370 e. The molecule has 0 amide bonds. The second kappa shape index (κ2) is 11.2. The SMILES string of the molecule is CCN(CC)Cc1ccccc1CN=C(N)Nc1ccc(C)c(C)c1.I. The Morgan fingerprint density at radius 1 is 1.00 bits per heavy atom. The maximum atomic E-state index is 6.07. The molecule has 0 spiro atoms. The van der Waals surface area contributed by atoms with Gasteiger partial charge in [0.15, 0.2) is 5.96 Å². The van der Waals surface area contributed by atoms with Crippen LogP contribution in [0.5, 0.6) is 0 Å². The summed E-state index contributed by atoms with van der Waals surface area (Å²) in [6, 6.07) is 14.7. The van der Waals surface area contributed by atoms with Crippen molar-refractivity contribution < 1.29 is 0 Å². The first-order chi connectivity index (χ1) is 12.0. The molecule has 0 radical (unpaired) electrons. The van der Waals surface area contributed by atoms with E-state index < -0.39 is 0 Å². The fourth-order valence-electron chi connectivity index (χ4n) is 2.73. The number of nitrogens with zero attached hydrogens (tertiary/aromatic N) is 2. The molecule has 0 saturated carbocycles. The molecule has 0 aromatic heterocycles. The number of nitrogens with one attached hydrogen (secondary N) is 1. The highest BCUT2D eigenvalue weighted by Crippen LogP contribution is 2.15. The third-order valence-corrected chi connectivity index (χ3v) is 4.61. The van der Waals surface area contributed by atoms with E-state index in [9.17, 15) is 0 Å². The number of guanidine groups is 1. The maximum absolute atomic E-state index is 6.07. The van der Waals surface area contributed by atoms with E-state index in [1.165, 1.54) is 22.3 Å². The van der Waals surface area contributed by atoms with E-state index in [4.69, 9.17) is 5.73 Å². The summed E-state index contributed by atoms with van der Waals surface area (Å²) in [5.41, 5.74) is 12.1. The lowest BCUT2D eigenvalue weighted by Crippen LogP contribution is -2.24. The van der Waals surface area contributed by atoms with Crippen molar-refractivity contribution in [2.75, 3.05) is 18.4 Å². The van der Waals surface area contributed by atoms with Crippen LogP contribution >= 0.6 is 24.0 Å². The number of nitrogens with two attached hydrogens (primary N) is 1. The predicted molar refractivity (Wildman–Crippen MR) is 123 cm³/mol. The van der Waals surface area contributed by atoms with Crippen LogP contribution in [0.4, 0.5) is 5.69 Å². The van der Waals surface area contributed by atoms with E-state index in [0.717, 1.165) is 25.3 Å². The van der Waals surface area contributed by atoms with Gasteiger partial charge >= 0.3 is 0 Å². The Bertz CT molecular complexity index is 724. The zero-order valence-electron chi connectivity index (χ0n) is 16.2. The third-order valence-electron chi connectivity index (χ3n) is 4.61. The molecule has 0 aliphatic rings. The van der Waals surface area contributed by atoms with Gasteiger partial charge in [-0.15, -0.1) is 24.0 Å². The van der Waals surface area contributed by atoms with Gasteiger partial charge in [-0.2, -0.15) is 0 Å². The molecule has 2 rings (SSSR count). The molecule has 0 atom stereocenters. The Labute approximate surface area is 174 Å². The molecule has 3 N–H and O–H groups in total. The fraction of sp³-hybridized carbons (Fsp3) is 0.381. The van der Waals surface area contributed by atoms with Crippen LogP contribution in [0.1, 0.15) is 36.1 Å². The molecule has 26 heavy (non-hydrogen) atoms. The van der Waals surface area contributed by atoms with E-state index >= 15 is 0 Å². The minimum atomic E-state index is 0. The standard InChI is InChI=1S/C21H30N4.HI/c1-5-25(6-2)15-19-10-8-7-9-18(19)14-23-21(22)24-20-12-11-16(3)17(4)13-20;/h7-13H,5-6,14-15H2,1-4H3,(H3,22,23,24);1H. The van der Waals surface area contributed by atoms with Crippen LogP contribution in [0.25, 0.3) is 0 Å². The third kappa shape index (κ3) is 6.61.